The number of allylic oxidation sites excluding steroid dienone is 1. The van der Waals surface area contributed by atoms with E-state index in [0.29, 0.717) is 0 Å². The van der Waals surface area contributed by atoms with Gasteiger partial charge in [0.25, 0.3) is 0 Å². The highest BCUT2D eigenvalue weighted by Crippen LogP contribution is 2.46. The van der Waals surface area contributed by atoms with Gasteiger partial charge in [-0.1, -0.05) is 61.2 Å². The Hall–Kier alpha value is -0.750. The average Bonchev–Trinajstić information content (AvgIpc) is 2.30. The second kappa shape index (κ2) is 4.63. The summed E-state index contributed by atoms with van der Waals surface area (Å²) in [5, 5.41) is 0.896. The van der Waals surface area contributed by atoms with Gasteiger partial charge in [-0.15, -0.1) is 0 Å². The fourth-order valence-corrected chi connectivity index (χ4v) is 3.25. The molecule has 0 aliphatic heterocycles. The Morgan fingerprint density at radius 1 is 1.19 bits per heavy atom. The first-order valence-electron chi connectivity index (χ1n) is 6.08. The van der Waals surface area contributed by atoms with Crippen LogP contribution in [-0.4, -0.2) is 0 Å². The highest BCUT2D eigenvalue weighted by atomic mass is 35.5. The summed E-state index contributed by atoms with van der Waals surface area (Å²) >= 11 is 6.35. The molecule has 0 spiro atoms. The molecule has 1 aliphatic rings. The molecule has 0 bridgehead atoms. The zero-order valence-electron chi connectivity index (χ0n) is 9.93. The summed E-state index contributed by atoms with van der Waals surface area (Å²) in [5.74, 6) is 0. The minimum atomic E-state index is 0.136. The third-order valence-electron chi connectivity index (χ3n) is 3.91. The Morgan fingerprint density at radius 3 is 2.38 bits per heavy atom. The van der Waals surface area contributed by atoms with E-state index in [1.807, 2.05) is 12.1 Å². The standard InChI is InChI=1S/C15H19Cl/c1-12(2)15(10-6-3-7-11-15)13-8-4-5-9-14(13)16/h4-5,8-9H,1,3,6-7,10-11H2,2H3. The maximum absolute atomic E-state index is 6.35. The van der Waals surface area contributed by atoms with Gasteiger partial charge in [0.15, 0.2) is 0 Å². The molecule has 0 aromatic heterocycles. The third kappa shape index (κ3) is 1.91. The van der Waals surface area contributed by atoms with Crippen LogP contribution < -0.4 is 0 Å². The van der Waals surface area contributed by atoms with Gasteiger partial charge >= 0.3 is 0 Å². The molecule has 0 amide bonds. The summed E-state index contributed by atoms with van der Waals surface area (Å²) in [6, 6.07) is 8.25. The van der Waals surface area contributed by atoms with E-state index in [1.54, 1.807) is 0 Å². The Bertz CT molecular complexity index is 386. The summed E-state index contributed by atoms with van der Waals surface area (Å²) in [6.45, 7) is 6.36. The van der Waals surface area contributed by atoms with Crippen molar-refractivity contribution < 1.29 is 0 Å². The Labute approximate surface area is 103 Å². The van der Waals surface area contributed by atoms with E-state index in [0.717, 1.165) is 5.02 Å². The Kier molecular flexibility index (Phi) is 3.39. The van der Waals surface area contributed by atoms with Gasteiger partial charge in [-0.2, -0.15) is 0 Å². The van der Waals surface area contributed by atoms with Crippen LogP contribution in [0.3, 0.4) is 0 Å². The first-order valence-corrected chi connectivity index (χ1v) is 6.45. The van der Waals surface area contributed by atoms with E-state index in [4.69, 9.17) is 11.6 Å². The van der Waals surface area contributed by atoms with Crippen molar-refractivity contribution in [3.63, 3.8) is 0 Å². The Morgan fingerprint density at radius 2 is 1.81 bits per heavy atom. The van der Waals surface area contributed by atoms with Crippen LogP contribution >= 0.6 is 11.6 Å². The first-order chi connectivity index (χ1) is 7.67. The summed E-state index contributed by atoms with van der Waals surface area (Å²) in [7, 11) is 0. The highest BCUT2D eigenvalue weighted by Gasteiger charge is 2.35. The molecule has 0 atom stereocenters. The number of hydrogen-bond donors (Lipinski definition) is 0. The molecule has 1 aliphatic carbocycles. The monoisotopic (exact) mass is 234 g/mol. The van der Waals surface area contributed by atoms with Crippen LogP contribution in [0, 0.1) is 0 Å². The van der Waals surface area contributed by atoms with Gasteiger partial charge < -0.3 is 0 Å². The molecule has 0 unspecified atom stereocenters. The summed E-state index contributed by atoms with van der Waals surface area (Å²) in [5.41, 5.74) is 2.68. The fourth-order valence-electron chi connectivity index (χ4n) is 2.93. The maximum atomic E-state index is 6.35. The lowest BCUT2D eigenvalue weighted by molar-refractivity contribution is 0.340. The molecule has 1 saturated carbocycles. The maximum Gasteiger partial charge on any atom is 0.0446 e. The number of halogens is 1. The summed E-state index contributed by atoms with van der Waals surface area (Å²) in [4.78, 5) is 0. The minimum absolute atomic E-state index is 0.136. The predicted octanol–water partition coefficient (Wildman–Crippen LogP) is 5.12. The predicted molar refractivity (Wildman–Crippen MR) is 71.0 cm³/mol. The largest absolute Gasteiger partial charge is 0.0992 e. The molecule has 1 aromatic carbocycles. The molecule has 86 valence electrons. The zero-order valence-corrected chi connectivity index (χ0v) is 10.7. The van der Waals surface area contributed by atoms with Crippen molar-refractivity contribution in [3.8, 4) is 0 Å². The van der Waals surface area contributed by atoms with Gasteiger partial charge in [0.1, 0.15) is 0 Å². The van der Waals surface area contributed by atoms with Crippen LogP contribution in [0.2, 0.25) is 5.02 Å². The van der Waals surface area contributed by atoms with Crippen LogP contribution in [0.1, 0.15) is 44.6 Å². The van der Waals surface area contributed by atoms with E-state index in [9.17, 15) is 0 Å². The Balaban J connectivity index is 2.47. The van der Waals surface area contributed by atoms with Crippen molar-refractivity contribution in [2.45, 2.75) is 44.4 Å². The summed E-state index contributed by atoms with van der Waals surface area (Å²) in [6.07, 6.45) is 6.33. The van der Waals surface area contributed by atoms with E-state index >= 15 is 0 Å². The van der Waals surface area contributed by atoms with Gasteiger partial charge in [-0.3, -0.25) is 0 Å². The molecule has 0 heterocycles. The third-order valence-corrected chi connectivity index (χ3v) is 4.24. The second-order valence-corrected chi connectivity index (χ2v) is 5.31. The van der Waals surface area contributed by atoms with Crippen LogP contribution in [-0.2, 0) is 5.41 Å². The van der Waals surface area contributed by atoms with Crippen molar-refractivity contribution >= 4 is 11.6 Å². The molecular weight excluding hydrogens is 216 g/mol. The molecule has 0 radical (unpaired) electrons. The van der Waals surface area contributed by atoms with Crippen molar-refractivity contribution in [2.24, 2.45) is 0 Å². The van der Waals surface area contributed by atoms with Gasteiger partial charge in [-0.05, 0) is 31.4 Å². The van der Waals surface area contributed by atoms with Gasteiger partial charge in [-0.25, -0.2) is 0 Å². The topological polar surface area (TPSA) is 0 Å². The van der Waals surface area contributed by atoms with Gasteiger partial charge in [0.2, 0.25) is 0 Å². The zero-order chi connectivity index (χ0) is 11.6. The molecule has 2 rings (SSSR count). The highest BCUT2D eigenvalue weighted by molar-refractivity contribution is 6.31. The molecule has 0 nitrogen and oxygen atoms in total. The fraction of sp³-hybridized carbons (Fsp3) is 0.467. The first kappa shape index (κ1) is 11.7. The van der Waals surface area contributed by atoms with Crippen LogP contribution in [0.5, 0.6) is 0 Å². The summed E-state index contributed by atoms with van der Waals surface area (Å²) < 4.78 is 0. The molecule has 16 heavy (non-hydrogen) atoms. The molecule has 0 saturated heterocycles. The lowest BCUT2D eigenvalue weighted by Gasteiger charge is -2.39. The lowest BCUT2D eigenvalue weighted by Crippen LogP contribution is -2.30. The quantitative estimate of drug-likeness (QED) is 0.624. The molecule has 1 heteroatoms. The van der Waals surface area contributed by atoms with E-state index in [-0.39, 0.29) is 5.41 Å². The second-order valence-electron chi connectivity index (χ2n) is 4.90. The van der Waals surface area contributed by atoms with Gasteiger partial charge in [0, 0.05) is 10.4 Å². The minimum Gasteiger partial charge on any atom is -0.0992 e. The van der Waals surface area contributed by atoms with Gasteiger partial charge in [0.05, 0.1) is 0 Å². The average molecular weight is 235 g/mol. The molecule has 1 fully saturated rings. The molecule has 1 aromatic rings. The normalized spacial score (nSPS) is 19.4. The number of rotatable bonds is 2. The molecular formula is C15H19Cl. The SMILES string of the molecule is C=C(C)C1(c2ccccc2Cl)CCCCC1. The van der Waals surface area contributed by atoms with Crippen molar-refractivity contribution in [2.75, 3.05) is 0 Å². The number of benzene rings is 1. The van der Waals surface area contributed by atoms with Crippen molar-refractivity contribution in [3.05, 3.63) is 47.0 Å². The van der Waals surface area contributed by atoms with Crippen molar-refractivity contribution in [1.82, 2.24) is 0 Å². The van der Waals surface area contributed by atoms with Crippen LogP contribution in [0.25, 0.3) is 0 Å². The van der Waals surface area contributed by atoms with E-state index < -0.39 is 0 Å². The van der Waals surface area contributed by atoms with E-state index in [1.165, 1.54) is 43.2 Å². The van der Waals surface area contributed by atoms with Crippen LogP contribution in [0.4, 0.5) is 0 Å². The smallest absolute Gasteiger partial charge is 0.0446 e. The van der Waals surface area contributed by atoms with Crippen LogP contribution in [0.15, 0.2) is 36.4 Å². The lowest BCUT2D eigenvalue weighted by atomic mass is 9.66. The van der Waals surface area contributed by atoms with E-state index in [2.05, 4.69) is 25.6 Å². The number of hydrogen-bond acceptors (Lipinski definition) is 0. The molecule has 0 N–H and O–H groups in total. The van der Waals surface area contributed by atoms with Crippen molar-refractivity contribution in [1.29, 1.82) is 0 Å².